The molecule has 2 N–H and O–H groups in total. The van der Waals surface area contributed by atoms with Gasteiger partial charge < -0.3 is 10.4 Å². The number of benzene rings is 1. The van der Waals surface area contributed by atoms with E-state index in [0.29, 0.717) is 5.69 Å². The lowest BCUT2D eigenvalue weighted by atomic mass is 9.98. The topological polar surface area (TPSA) is 101 Å². The first-order valence-electron chi connectivity index (χ1n) is 6.46. The lowest BCUT2D eigenvalue weighted by Gasteiger charge is -2.10. The fourth-order valence-corrected chi connectivity index (χ4v) is 2.33. The maximum Gasteiger partial charge on any atom is 0.303 e. The molecule has 1 aromatic rings. The van der Waals surface area contributed by atoms with Crippen LogP contribution < -0.4 is 5.32 Å². The van der Waals surface area contributed by atoms with Crippen molar-refractivity contribution >= 4 is 27.4 Å². The summed E-state index contributed by atoms with van der Waals surface area (Å²) < 4.78 is 21.9. The molecule has 0 spiro atoms. The molecule has 1 rings (SSSR count). The van der Waals surface area contributed by atoms with E-state index >= 15 is 0 Å². The molecule has 0 bridgehead atoms. The maximum absolute atomic E-state index is 11.6. The van der Waals surface area contributed by atoms with Gasteiger partial charge in [0.15, 0.2) is 0 Å². The second-order valence-electron chi connectivity index (χ2n) is 5.05. The third-order valence-electron chi connectivity index (χ3n) is 2.94. The van der Waals surface area contributed by atoms with Crippen molar-refractivity contribution in [1.82, 2.24) is 0 Å². The van der Waals surface area contributed by atoms with Crippen LogP contribution in [0.4, 0.5) is 5.69 Å². The van der Waals surface area contributed by atoms with Crippen molar-refractivity contribution < 1.29 is 23.1 Å². The number of carbonyl (C=O) groups is 2. The first-order valence-corrected chi connectivity index (χ1v) is 8.53. The van der Waals surface area contributed by atoms with E-state index in [-0.39, 0.29) is 30.4 Å². The molecule has 0 saturated heterocycles. The lowest BCUT2D eigenvalue weighted by Crippen LogP contribution is -2.16. The van der Waals surface area contributed by atoms with E-state index in [1.165, 1.54) is 0 Å². The molecule has 7 heteroatoms. The molecule has 0 aliphatic rings. The molecule has 1 unspecified atom stereocenters. The fraction of sp³-hybridized carbons (Fsp3) is 0.429. The summed E-state index contributed by atoms with van der Waals surface area (Å²) in [5.74, 6) is -1.53. The number of anilines is 1. The van der Waals surface area contributed by atoms with Crippen LogP contribution in [0.5, 0.6) is 0 Å². The number of carbonyl (C=O) groups excluding carboxylic acids is 1. The van der Waals surface area contributed by atoms with Gasteiger partial charge in [-0.1, -0.05) is 19.1 Å². The Kier molecular flexibility index (Phi) is 5.90. The molecule has 0 heterocycles. The molecule has 6 nitrogen and oxygen atoms in total. The van der Waals surface area contributed by atoms with Crippen LogP contribution in [0.1, 0.15) is 31.2 Å². The highest BCUT2D eigenvalue weighted by atomic mass is 32.2. The normalized spacial score (nSPS) is 12.7. The van der Waals surface area contributed by atoms with Crippen molar-refractivity contribution in [1.29, 1.82) is 0 Å². The van der Waals surface area contributed by atoms with Crippen molar-refractivity contribution in [2.75, 3.05) is 17.3 Å². The summed E-state index contributed by atoms with van der Waals surface area (Å²) in [4.78, 5) is 22.2. The number of rotatable bonds is 7. The van der Waals surface area contributed by atoms with E-state index in [0.717, 1.165) is 11.8 Å². The minimum atomic E-state index is -3.16. The zero-order chi connectivity index (χ0) is 16.0. The van der Waals surface area contributed by atoms with E-state index in [1.807, 2.05) is 6.92 Å². The van der Waals surface area contributed by atoms with E-state index < -0.39 is 15.8 Å². The highest BCUT2D eigenvalue weighted by Crippen LogP contribution is 2.21. The van der Waals surface area contributed by atoms with Gasteiger partial charge in [0.2, 0.25) is 5.91 Å². The Hall–Kier alpha value is -1.89. The minimum absolute atomic E-state index is 0.0417. The van der Waals surface area contributed by atoms with E-state index in [1.54, 1.807) is 24.3 Å². The van der Waals surface area contributed by atoms with Gasteiger partial charge in [-0.25, -0.2) is 8.42 Å². The lowest BCUT2D eigenvalue weighted by molar-refractivity contribution is -0.137. The van der Waals surface area contributed by atoms with Crippen molar-refractivity contribution in [2.24, 2.45) is 0 Å². The standard InChI is InChI=1S/C14H19NO5S/c1-10(9-14(17)18)11-3-5-12(6-4-11)15-13(16)7-8-21(2,19)20/h3-6,10H,7-9H2,1-2H3,(H,15,16)(H,17,18). The Balaban J connectivity index is 2.58. The highest BCUT2D eigenvalue weighted by Gasteiger charge is 2.11. The highest BCUT2D eigenvalue weighted by molar-refractivity contribution is 7.90. The summed E-state index contributed by atoms with van der Waals surface area (Å²) in [6.07, 6.45) is 1.04. The predicted molar refractivity (Wildman–Crippen MR) is 80.1 cm³/mol. The SMILES string of the molecule is CC(CC(=O)O)c1ccc(NC(=O)CCS(C)(=O)=O)cc1. The molecule has 1 atom stereocenters. The third-order valence-corrected chi connectivity index (χ3v) is 3.89. The van der Waals surface area contributed by atoms with Crippen LogP contribution in [-0.4, -0.2) is 37.4 Å². The molecule has 21 heavy (non-hydrogen) atoms. The van der Waals surface area contributed by atoms with Crippen LogP contribution in [0, 0.1) is 0 Å². The second-order valence-corrected chi connectivity index (χ2v) is 7.31. The summed E-state index contributed by atoms with van der Waals surface area (Å²) in [5, 5.41) is 11.3. The number of amides is 1. The number of sulfone groups is 1. The number of aliphatic carboxylic acids is 1. The number of carboxylic acids is 1. The molecule has 116 valence electrons. The Morgan fingerprint density at radius 1 is 1.24 bits per heavy atom. The van der Waals surface area contributed by atoms with Gasteiger partial charge in [-0.2, -0.15) is 0 Å². The first kappa shape index (κ1) is 17.2. The van der Waals surface area contributed by atoms with Crippen molar-refractivity contribution in [3.8, 4) is 0 Å². The second kappa shape index (κ2) is 7.21. The Morgan fingerprint density at radius 3 is 2.29 bits per heavy atom. The van der Waals surface area contributed by atoms with Crippen molar-refractivity contribution in [3.05, 3.63) is 29.8 Å². The van der Waals surface area contributed by atoms with Crippen LogP contribution in [0.25, 0.3) is 0 Å². The average Bonchev–Trinajstić information content (AvgIpc) is 2.35. The largest absolute Gasteiger partial charge is 0.481 e. The number of hydrogen-bond donors (Lipinski definition) is 2. The molecule has 0 aliphatic carbocycles. The van der Waals surface area contributed by atoms with Crippen LogP contribution >= 0.6 is 0 Å². The molecule has 1 aromatic carbocycles. The van der Waals surface area contributed by atoms with Crippen LogP contribution in [0.3, 0.4) is 0 Å². The summed E-state index contributed by atoms with van der Waals surface area (Å²) in [6, 6.07) is 6.84. The van der Waals surface area contributed by atoms with Crippen LogP contribution in [0.2, 0.25) is 0 Å². The van der Waals surface area contributed by atoms with Gasteiger partial charge in [0.25, 0.3) is 0 Å². The summed E-state index contributed by atoms with van der Waals surface area (Å²) in [6.45, 7) is 1.81. The summed E-state index contributed by atoms with van der Waals surface area (Å²) in [5.41, 5.74) is 1.42. The Labute approximate surface area is 124 Å². The van der Waals surface area contributed by atoms with Gasteiger partial charge in [-0.15, -0.1) is 0 Å². The zero-order valence-electron chi connectivity index (χ0n) is 12.0. The Morgan fingerprint density at radius 2 is 1.81 bits per heavy atom. The fourth-order valence-electron chi connectivity index (χ4n) is 1.78. The monoisotopic (exact) mass is 313 g/mol. The van der Waals surface area contributed by atoms with E-state index in [2.05, 4.69) is 5.32 Å². The molecular weight excluding hydrogens is 294 g/mol. The van der Waals surface area contributed by atoms with Gasteiger partial charge in [0.05, 0.1) is 12.2 Å². The number of carboxylic acid groups (broad SMARTS) is 1. The van der Waals surface area contributed by atoms with Gasteiger partial charge in [-0.3, -0.25) is 9.59 Å². The summed E-state index contributed by atoms with van der Waals surface area (Å²) in [7, 11) is -3.16. The smallest absolute Gasteiger partial charge is 0.303 e. The van der Waals surface area contributed by atoms with Gasteiger partial charge in [0.1, 0.15) is 9.84 Å². The molecule has 0 saturated carbocycles. The predicted octanol–water partition coefficient (Wildman–Crippen LogP) is 1.64. The van der Waals surface area contributed by atoms with Crippen LogP contribution in [0.15, 0.2) is 24.3 Å². The molecule has 0 fully saturated rings. The molecule has 1 amide bonds. The molecular formula is C14H19NO5S. The maximum atomic E-state index is 11.6. The van der Waals surface area contributed by atoms with E-state index in [4.69, 9.17) is 5.11 Å². The third kappa shape index (κ3) is 6.89. The molecule has 0 aliphatic heterocycles. The number of nitrogens with one attached hydrogen (secondary N) is 1. The van der Waals surface area contributed by atoms with Gasteiger partial charge in [-0.05, 0) is 23.6 Å². The number of hydrogen-bond acceptors (Lipinski definition) is 4. The van der Waals surface area contributed by atoms with Gasteiger partial charge >= 0.3 is 5.97 Å². The van der Waals surface area contributed by atoms with Crippen molar-refractivity contribution in [3.63, 3.8) is 0 Å². The quantitative estimate of drug-likeness (QED) is 0.797. The molecule has 0 radical (unpaired) electrons. The average molecular weight is 313 g/mol. The minimum Gasteiger partial charge on any atom is -0.481 e. The van der Waals surface area contributed by atoms with Crippen molar-refractivity contribution in [2.45, 2.75) is 25.7 Å². The van der Waals surface area contributed by atoms with Gasteiger partial charge in [0, 0.05) is 18.4 Å². The molecule has 0 aromatic heterocycles. The first-order chi connectivity index (χ1) is 9.67. The summed E-state index contributed by atoms with van der Waals surface area (Å²) >= 11 is 0. The zero-order valence-corrected chi connectivity index (χ0v) is 12.8. The van der Waals surface area contributed by atoms with E-state index in [9.17, 15) is 18.0 Å². The Bertz CT molecular complexity index is 607. The van der Waals surface area contributed by atoms with Crippen LogP contribution in [-0.2, 0) is 19.4 Å².